The molecule has 0 saturated heterocycles. The van der Waals surface area contributed by atoms with E-state index in [1.807, 2.05) is 18.2 Å². The highest BCUT2D eigenvalue weighted by molar-refractivity contribution is 14.0. The highest BCUT2D eigenvalue weighted by Gasteiger charge is 2.15. The van der Waals surface area contributed by atoms with Crippen LogP contribution in [-0.2, 0) is 19.5 Å². The molecular weight excluding hydrogens is 479 g/mol. The van der Waals surface area contributed by atoms with Gasteiger partial charge in [-0.3, -0.25) is 4.90 Å². The largest absolute Gasteiger partial charge is 0.454 e. The Morgan fingerprint density at radius 3 is 2.76 bits per heavy atom. The van der Waals surface area contributed by atoms with Crippen molar-refractivity contribution in [2.24, 2.45) is 4.99 Å². The van der Waals surface area contributed by atoms with Gasteiger partial charge in [-0.25, -0.2) is 4.99 Å². The van der Waals surface area contributed by atoms with Crippen LogP contribution in [0.4, 0.5) is 0 Å². The number of nitrogens with one attached hydrogen (secondary N) is 2. The van der Waals surface area contributed by atoms with Crippen LogP contribution in [-0.4, -0.2) is 43.8 Å². The molecule has 0 bridgehead atoms. The maximum Gasteiger partial charge on any atom is 0.231 e. The molecule has 2 aromatic carbocycles. The van der Waals surface area contributed by atoms with Gasteiger partial charge >= 0.3 is 0 Å². The Morgan fingerprint density at radius 1 is 1.07 bits per heavy atom. The summed E-state index contributed by atoms with van der Waals surface area (Å²) in [6, 6.07) is 14.7. The maximum atomic E-state index is 5.44. The molecule has 0 saturated carbocycles. The number of hydrogen-bond acceptors (Lipinski definition) is 4. The second kappa shape index (κ2) is 10.7. The lowest BCUT2D eigenvalue weighted by atomic mass is 10.00. The number of rotatable bonds is 6. The Balaban J connectivity index is 0.00000240. The minimum absolute atomic E-state index is 0. The van der Waals surface area contributed by atoms with Gasteiger partial charge in [0.2, 0.25) is 6.79 Å². The zero-order valence-electron chi connectivity index (χ0n) is 16.8. The molecule has 0 spiro atoms. The zero-order chi connectivity index (χ0) is 19.2. The van der Waals surface area contributed by atoms with Crippen LogP contribution in [0.25, 0.3) is 0 Å². The van der Waals surface area contributed by atoms with Gasteiger partial charge in [0.1, 0.15) is 0 Å². The third-order valence-electron chi connectivity index (χ3n) is 5.13. The lowest BCUT2D eigenvalue weighted by Gasteiger charge is -2.28. The average Bonchev–Trinajstić information content (AvgIpc) is 3.20. The molecule has 29 heavy (non-hydrogen) atoms. The first kappa shape index (κ1) is 21.7. The van der Waals surface area contributed by atoms with Gasteiger partial charge < -0.3 is 20.1 Å². The molecule has 2 aromatic rings. The second-order valence-electron chi connectivity index (χ2n) is 7.10. The summed E-state index contributed by atoms with van der Waals surface area (Å²) < 4.78 is 10.8. The van der Waals surface area contributed by atoms with Gasteiger partial charge in [0, 0.05) is 32.7 Å². The second-order valence-corrected chi connectivity index (χ2v) is 7.10. The highest BCUT2D eigenvalue weighted by Crippen LogP contribution is 2.32. The third-order valence-corrected chi connectivity index (χ3v) is 5.13. The molecule has 2 N–H and O–H groups in total. The molecule has 0 fully saturated rings. The SMILES string of the molecule is CCNC(=NCc1ccc2c(c1)OCO2)NCCN1CCc2ccccc2C1.I. The summed E-state index contributed by atoms with van der Waals surface area (Å²) in [5.74, 6) is 2.45. The summed E-state index contributed by atoms with van der Waals surface area (Å²) in [7, 11) is 0. The molecule has 0 atom stereocenters. The van der Waals surface area contributed by atoms with Gasteiger partial charge in [0.15, 0.2) is 17.5 Å². The average molecular weight is 508 g/mol. The summed E-state index contributed by atoms with van der Waals surface area (Å²) in [5, 5.41) is 6.78. The predicted molar refractivity (Wildman–Crippen MR) is 126 cm³/mol. The van der Waals surface area contributed by atoms with Crippen LogP contribution in [0, 0.1) is 0 Å². The number of nitrogens with zero attached hydrogens (tertiary/aromatic N) is 2. The highest BCUT2D eigenvalue weighted by atomic mass is 127. The van der Waals surface area contributed by atoms with Gasteiger partial charge in [-0.05, 0) is 42.2 Å². The molecule has 7 heteroatoms. The lowest BCUT2D eigenvalue weighted by molar-refractivity contribution is 0.174. The van der Waals surface area contributed by atoms with E-state index in [2.05, 4.69) is 46.7 Å². The molecule has 0 unspecified atom stereocenters. The van der Waals surface area contributed by atoms with Crippen LogP contribution >= 0.6 is 24.0 Å². The minimum atomic E-state index is 0. The van der Waals surface area contributed by atoms with Crippen molar-refractivity contribution in [3.05, 3.63) is 59.2 Å². The molecule has 6 nitrogen and oxygen atoms in total. The molecule has 2 heterocycles. The molecule has 0 radical (unpaired) electrons. The topological polar surface area (TPSA) is 58.1 Å². The van der Waals surface area contributed by atoms with Crippen LogP contribution in [0.2, 0.25) is 0 Å². The Bertz CT molecular complexity index is 843. The molecule has 0 aromatic heterocycles. The summed E-state index contributed by atoms with van der Waals surface area (Å²) >= 11 is 0. The first-order chi connectivity index (χ1) is 13.8. The number of guanidine groups is 1. The first-order valence-corrected chi connectivity index (χ1v) is 10.0. The molecular formula is C22H29IN4O2. The fourth-order valence-electron chi connectivity index (χ4n) is 3.63. The van der Waals surface area contributed by atoms with Crippen molar-refractivity contribution < 1.29 is 9.47 Å². The van der Waals surface area contributed by atoms with Crippen molar-refractivity contribution in [1.82, 2.24) is 15.5 Å². The van der Waals surface area contributed by atoms with Crippen LogP contribution < -0.4 is 20.1 Å². The van der Waals surface area contributed by atoms with Crippen molar-refractivity contribution >= 4 is 29.9 Å². The standard InChI is InChI=1S/C22H28N4O2.HI/c1-2-23-22(25-14-17-7-8-20-21(13-17)28-16-27-20)24-10-12-26-11-9-18-5-3-4-6-19(18)15-26;/h3-8,13H,2,9-12,14-16H2,1H3,(H2,23,24,25);1H. The molecule has 2 aliphatic rings. The Kier molecular flexibility index (Phi) is 8.00. The molecule has 0 aliphatic carbocycles. The predicted octanol–water partition coefficient (Wildman–Crippen LogP) is 3.15. The lowest BCUT2D eigenvalue weighted by Crippen LogP contribution is -2.42. The van der Waals surface area contributed by atoms with Gasteiger partial charge in [0.25, 0.3) is 0 Å². The smallest absolute Gasteiger partial charge is 0.231 e. The van der Waals surface area contributed by atoms with E-state index in [0.717, 1.165) is 62.2 Å². The number of hydrogen-bond donors (Lipinski definition) is 2. The van der Waals surface area contributed by atoms with Crippen molar-refractivity contribution in [1.29, 1.82) is 0 Å². The van der Waals surface area contributed by atoms with E-state index in [0.29, 0.717) is 13.3 Å². The summed E-state index contributed by atoms with van der Waals surface area (Å²) in [6.07, 6.45) is 1.13. The van der Waals surface area contributed by atoms with E-state index < -0.39 is 0 Å². The zero-order valence-corrected chi connectivity index (χ0v) is 19.1. The summed E-state index contributed by atoms with van der Waals surface area (Å²) in [6.45, 7) is 7.84. The van der Waals surface area contributed by atoms with Crippen LogP contribution in [0.1, 0.15) is 23.6 Å². The Hall–Kier alpha value is -2.00. The van der Waals surface area contributed by atoms with Gasteiger partial charge in [-0.1, -0.05) is 30.3 Å². The minimum Gasteiger partial charge on any atom is -0.454 e. The first-order valence-electron chi connectivity index (χ1n) is 10.0. The monoisotopic (exact) mass is 508 g/mol. The molecule has 0 amide bonds. The van der Waals surface area contributed by atoms with E-state index in [4.69, 9.17) is 14.5 Å². The number of benzene rings is 2. The van der Waals surface area contributed by atoms with Crippen LogP contribution in [0.3, 0.4) is 0 Å². The van der Waals surface area contributed by atoms with E-state index in [1.54, 1.807) is 0 Å². The van der Waals surface area contributed by atoms with Crippen LogP contribution in [0.5, 0.6) is 11.5 Å². The normalized spacial score (nSPS) is 15.4. The van der Waals surface area contributed by atoms with Crippen molar-refractivity contribution in [2.45, 2.75) is 26.4 Å². The summed E-state index contributed by atoms with van der Waals surface area (Å²) in [5.41, 5.74) is 4.05. The van der Waals surface area contributed by atoms with E-state index >= 15 is 0 Å². The van der Waals surface area contributed by atoms with E-state index in [1.165, 1.54) is 11.1 Å². The van der Waals surface area contributed by atoms with Crippen LogP contribution in [0.15, 0.2) is 47.5 Å². The van der Waals surface area contributed by atoms with Crippen molar-refractivity contribution in [3.8, 4) is 11.5 Å². The quantitative estimate of drug-likeness (QED) is 0.357. The number of fused-ring (bicyclic) bond motifs is 2. The van der Waals surface area contributed by atoms with Gasteiger partial charge in [0.05, 0.1) is 6.54 Å². The fraction of sp³-hybridized carbons (Fsp3) is 0.409. The van der Waals surface area contributed by atoms with Crippen molar-refractivity contribution in [3.63, 3.8) is 0 Å². The number of halogens is 1. The van der Waals surface area contributed by atoms with E-state index in [9.17, 15) is 0 Å². The Morgan fingerprint density at radius 2 is 1.90 bits per heavy atom. The summed E-state index contributed by atoms with van der Waals surface area (Å²) in [4.78, 5) is 7.20. The maximum absolute atomic E-state index is 5.44. The third kappa shape index (κ3) is 5.76. The van der Waals surface area contributed by atoms with Gasteiger partial charge in [-0.15, -0.1) is 24.0 Å². The van der Waals surface area contributed by atoms with E-state index in [-0.39, 0.29) is 24.0 Å². The molecule has 156 valence electrons. The molecule has 4 rings (SSSR count). The van der Waals surface area contributed by atoms with Gasteiger partial charge in [-0.2, -0.15) is 0 Å². The number of aliphatic imine (C=N–C) groups is 1. The Labute approximate surface area is 189 Å². The molecule has 2 aliphatic heterocycles. The number of ether oxygens (including phenoxy) is 2. The van der Waals surface area contributed by atoms with Crippen molar-refractivity contribution in [2.75, 3.05) is 33.0 Å². The fourth-order valence-corrected chi connectivity index (χ4v) is 3.63.